The zero-order valence-corrected chi connectivity index (χ0v) is 12.9. The van der Waals surface area contributed by atoms with Crippen LogP contribution in [0.25, 0.3) is 0 Å². The van der Waals surface area contributed by atoms with Gasteiger partial charge in [0.15, 0.2) is 5.78 Å². The number of nitrogens with zero attached hydrogens (tertiary/aromatic N) is 2. The van der Waals surface area contributed by atoms with Crippen molar-refractivity contribution in [2.24, 2.45) is 0 Å². The SMILES string of the molecule is CC(C)c1nc(SCC(=O)c2ccc(OC(F)F)cc2)n[nH]1. The minimum Gasteiger partial charge on any atom is -0.435 e. The highest BCUT2D eigenvalue weighted by Gasteiger charge is 2.12. The van der Waals surface area contributed by atoms with Crippen LogP contribution in [0.4, 0.5) is 8.78 Å². The van der Waals surface area contributed by atoms with Gasteiger partial charge >= 0.3 is 6.61 Å². The molecule has 0 spiro atoms. The summed E-state index contributed by atoms with van der Waals surface area (Å²) in [6.45, 7) is 1.10. The average Bonchev–Trinajstić information content (AvgIpc) is 2.94. The van der Waals surface area contributed by atoms with Gasteiger partial charge in [-0.05, 0) is 24.3 Å². The second-order valence-electron chi connectivity index (χ2n) is 4.77. The van der Waals surface area contributed by atoms with Crippen molar-refractivity contribution in [3.05, 3.63) is 35.7 Å². The maximum atomic E-state index is 12.0. The van der Waals surface area contributed by atoms with Crippen LogP contribution in [-0.4, -0.2) is 33.3 Å². The first-order chi connectivity index (χ1) is 10.5. The second-order valence-corrected chi connectivity index (χ2v) is 5.72. The Labute approximate surface area is 130 Å². The molecule has 0 atom stereocenters. The Morgan fingerprint density at radius 2 is 2.00 bits per heavy atom. The van der Waals surface area contributed by atoms with Crippen molar-refractivity contribution < 1.29 is 18.3 Å². The van der Waals surface area contributed by atoms with Gasteiger partial charge in [-0.3, -0.25) is 9.89 Å². The molecule has 8 heteroatoms. The summed E-state index contributed by atoms with van der Waals surface area (Å²) >= 11 is 1.22. The maximum absolute atomic E-state index is 12.0. The number of hydrogen-bond acceptors (Lipinski definition) is 5. The summed E-state index contributed by atoms with van der Waals surface area (Å²) in [6.07, 6.45) is 0. The van der Waals surface area contributed by atoms with Crippen molar-refractivity contribution in [1.29, 1.82) is 0 Å². The minimum absolute atomic E-state index is 0.0229. The number of halogens is 2. The van der Waals surface area contributed by atoms with E-state index in [-0.39, 0.29) is 23.2 Å². The summed E-state index contributed by atoms with van der Waals surface area (Å²) in [7, 11) is 0. The Bertz CT molecular complexity index is 629. The van der Waals surface area contributed by atoms with Gasteiger partial charge in [-0.15, -0.1) is 5.10 Å². The third kappa shape index (κ3) is 4.52. The van der Waals surface area contributed by atoms with Crippen molar-refractivity contribution in [3.63, 3.8) is 0 Å². The first-order valence-electron chi connectivity index (χ1n) is 6.59. The lowest BCUT2D eigenvalue weighted by atomic mass is 10.1. The number of rotatable bonds is 7. The summed E-state index contributed by atoms with van der Waals surface area (Å²) in [5, 5.41) is 7.34. The Morgan fingerprint density at radius 3 is 2.55 bits per heavy atom. The van der Waals surface area contributed by atoms with Crippen LogP contribution in [0.15, 0.2) is 29.4 Å². The molecule has 1 heterocycles. The number of nitrogens with one attached hydrogen (secondary N) is 1. The molecule has 22 heavy (non-hydrogen) atoms. The third-order valence-electron chi connectivity index (χ3n) is 2.76. The second kappa shape index (κ2) is 7.35. The molecule has 0 bridgehead atoms. The van der Waals surface area contributed by atoms with Gasteiger partial charge in [-0.25, -0.2) is 4.98 Å². The van der Waals surface area contributed by atoms with Gasteiger partial charge in [0.2, 0.25) is 5.16 Å². The number of ketones is 1. The van der Waals surface area contributed by atoms with Crippen LogP contribution in [0.1, 0.15) is 35.9 Å². The molecule has 118 valence electrons. The molecule has 0 aliphatic heterocycles. The smallest absolute Gasteiger partial charge is 0.387 e. The molecule has 0 saturated carbocycles. The van der Waals surface area contributed by atoms with Crippen LogP contribution in [0.2, 0.25) is 0 Å². The van der Waals surface area contributed by atoms with Gasteiger partial charge in [0.1, 0.15) is 11.6 Å². The van der Waals surface area contributed by atoms with E-state index in [1.807, 2.05) is 13.8 Å². The molecule has 1 aromatic carbocycles. The number of aromatic amines is 1. The molecule has 5 nitrogen and oxygen atoms in total. The Morgan fingerprint density at radius 1 is 1.32 bits per heavy atom. The van der Waals surface area contributed by atoms with Crippen molar-refractivity contribution in [3.8, 4) is 5.75 Å². The first-order valence-corrected chi connectivity index (χ1v) is 7.57. The molecule has 1 N–H and O–H groups in total. The number of alkyl halides is 2. The average molecular weight is 327 g/mol. The molecule has 0 fully saturated rings. The van der Waals surface area contributed by atoms with E-state index < -0.39 is 6.61 Å². The maximum Gasteiger partial charge on any atom is 0.387 e. The Kier molecular flexibility index (Phi) is 5.48. The van der Waals surface area contributed by atoms with E-state index in [9.17, 15) is 13.6 Å². The van der Waals surface area contributed by atoms with Crippen LogP contribution in [0.5, 0.6) is 5.75 Å². The van der Waals surface area contributed by atoms with Crippen molar-refractivity contribution in [2.45, 2.75) is 31.5 Å². The summed E-state index contributed by atoms with van der Waals surface area (Å²) in [5.74, 6) is 1.06. The van der Waals surface area contributed by atoms with Gasteiger partial charge in [0.25, 0.3) is 0 Å². The largest absolute Gasteiger partial charge is 0.435 e. The van der Waals surface area contributed by atoms with Gasteiger partial charge in [-0.1, -0.05) is 25.6 Å². The number of benzene rings is 1. The topological polar surface area (TPSA) is 67.9 Å². The first kappa shape index (κ1) is 16.4. The lowest BCUT2D eigenvalue weighted by Gasteiger charge is -2.05. The van der Waals surface area contributed by atoms with Crippen LogP contribution in [0, 0.1) is 0 Å². The fourth-order valence-corrected chi connectivity index (χ4v) is 2.32. The van der Waals surface area contributed by atoms with E-state index in [0.29, 0.717) is 10.7 Å². The fourth-order valence-electron chi connectivity index (χ4n) is 1.62. The Balaban J connectivity index is 1.91. The molecule has 0 amide bonds. The molecular formula is C14H15F2N3O2S. The molecule has 2 aromatic rings. The van der Waals surface area contributed by atoms with E-state index in [1.165, 1.54) is 36.0 Å². The van der Waals surface area contributed by atoms with Gasteiger partial charge in [-0.2, -0.15) is 8.78 Å². The highest BCUT2D eigenvalue weighted by molar-refractivity contribution is 7.99. The molecule has 0 unspecified atom stereocenters. The van der Waals surface area contributed by atoms with Gasteiger partial charge in [0.05, 0.1) is 5.75 Å². The van der Waals surface area contributed by atoms with E-state index in [2.05, 4.69) is 19.9 Å². The predicted molar refractivity (Wildman–Crippen MR) is 78.6 cm³/mol. The zero-order chi connectivity index (χ0) is 16.1. The standard InChI is InChI=1S/C14H15F2N3O2S/c1-8(2)12-17-14(19-18-12)22-7-11(20)9-3-5-10(6-4-9)21-13(15)16/h3-6,8,13H,7H2,1-2H3,(H,17,18,19). The zero-order valence-electron chi connectivity index (χ0n) is 12.0. The van der Waals surface area contributed by atoms with E-state index in [1.54, 1.807) is 0 Å². The predicted octanol–water partition coefficient (Wildman–Crippen LogP) is 3.50. The van der Waals surface area contributed by atoms with Crippen molar-refractivity contribution in [2.75, 3.05) is 5.75 Å². The Hall–Kier alpha value is -1.96. The molecule has 1 aromatic heterocycles. The molecule has 0 aliphatic rings. The number of H-pyrrole nitrogens is 1. The lowest BCUT2D eigenvalue weighted by Crippen LogP contribution is -2.04. The van der Waals surface area contributed by atoms with Crippen molar-refractivity contribution >= 4 is 17.5 Å². The molecule has 0 radical (unpaired) electrons. The lowest BCUT2D eigenvalue weighted by molar-refractivity contribution is -0.0498. The van der Waals surface area contributed by atoms with E-state index in [4.69, 9.17) is 0 Å². The summed E-state index contributed by atoms with van der Waals surface area (Å²) in [6, 6.07) is 5.59. The number of carbonyl (C=O) groups excluding carboxylic acids is 1. The number of thioether (sulfide) groups is 1. The monoisotopic (exact) mass is 327 g/mol. The number of hydrogen-bond donors (Lipinski definition) is 1. The van der Waals surface area contributed by atoms with E-state index in [0.717, 1.165) is 5.82 Å². The minimum atomic E-state index is -2.88. The van der Waals surface area contributed by atoms with E-state index >= 15 is 0 Å². The third-order valence-corrected chi connectivity index (χ3v) is 3.61. The number of carbonyl (C=O) groups is 1. The summed E-state index contributed by atoms with van der Waals surface area (Å²) in [4.78, 5) is 16.3. The highest BCUT2D eigenvalue weighted by Crippen LogP contribution is 2.19. The van der Waals surface area contributed by atoms with Crippen LogP contribution >= 0.6 is 11.8 Å². The van der Waals surface area contributed by atoms with Crippen LogP contribution in [-0.2, 0) is 0 Å². The van der Waals surface area contributed by atoms with Crippen molar-refractivity contribution in [1.82, 2.24) is 15.2 Å². The molecule has 0 aliphatic carbocycles. The number of ether oxygens (including phenoxy) is 1. The summed E-state index contributed by atoms with van der Waals surface area (Å²) < 4.78 is 28.3. The fraction of sp³-hybridized carbons (Fsp3) is 0.357. The van der Waals surface area contributed by atoms with Crippen LogP contribution < -0.4 is 4.74 Å². The summed E-state index contributed by atoms with van der Waals surface area (Å²) in [5.41, 5.74) is 0.425. The van der Waals surface area contributed by atoms with Gasteiger partial charge in [0, 0.05) is 11.5 Å². The number of Topliss-reactive ketones (excluding diaryl/α,β-unsaturated/α-hetero) is 1. The van der Waals surface area contributed by atoms with Crippen LogP contribution in [0.3, 0.4) is 0 Å². The molecular weight excluding hydrogens is 312 g/mol. The quantitative estimate of drug-likeness (QED) is 0.622. The number of aromatic nitrogens is 3. The molecule has 2 rings (SSSR count). The highest BCUT2D eigenvalue weighted by atomic mass is 32.2. The normalized spacial score (nSPS) is 11.2. The van der Waals surface area contributed by atoms with Gasteiger partial charge < -0.3 is 4.74 Å². The molecule has 0 saturated heterocycles.